The van der Waals surface area contributed by atoms with Crippen molar-refractivity contribution >= 4 is 12.1 Å². The molecule has 0 unspecified atom stereocenters. The van der Waals surface area contributed by atoms with Crippen LogP contribution in [0.1, 0.15) is 5.56 Å². The summed E-state index contributed by atoms with van der Waals surface area (Å²) < 4.78 is 0. The number of nitrogens with zero attached hydrogens (tertiary/aromatic N) is 3. The number of carbonyl (C=O) groups excluding carboxylic acids is 1. The highest BCUT2D eigenvalue weighted by Gasteiger charge is 2.23. The average Bonchev–Trinajstić information content (AvgIpc) is 2.38. The zero-order valence-corrected chi connectivity index (χ0v) is 9.91. The molecule has 94 valence electrons. The zero-order chi connectivity index (χ0) is 13.5. The Kier molecular flexibility index (Phi) is 4.69. The first kappa shape index (κ1) is 13.5. The number of carbonyl (C=O) groups is 2. The van der Waals surface area contributed by atoms with Crippen molar-refractivity contribution < 1.29 is 14.7 Å². The summed E-state index contributed by atoms with van der Waals surface area (Å²) in [5.74, 6) is 0. The summed E-state index contributed by atoms with van der Waals surface area (Å²) in [7, 11) is 1.22. The van der Waals surface area contributed by atoms with Crippen LogP contribution in [0, 0.1) is 11.5 Å². The van der Waals surface area contributed by atoms with Crippen LogP contribution in [-0.4, -0.2) is 40.6 Å². The summed E-state index contributed by atoms with van der Waals surface area (Å²) in [5.41, 5.74) is 0.927. The van der Waals surface area contributed by atoms with E-state index in [4.69, 9.17) is 10.4 Å². The molecule has 1 aromatic carbocycles. The van der Waals surface area contributed by atoms with Crippen LogP contribution in [0.15, 0.2) is 30.3 Å². The molecule has 0 saturated carbocycles. The maximum absolute atomic E-state index is 11.6. The molecule has 0 fully saturated rings. The summed E-state index contributed by atoms with van der Waals surface area (Å²) in [5, 5.41) is 17.5. The van der Waals surface area contributed by atoms with Crippen molar-refractivity contribution in [2.75, 3.05) is 13.6 Å². The topological polar surface area (TPSA) is 84.6 Å². The molecule has 0 bridgehead atoms. The van der Waals surface area contributed by atoms with Crippen molar-refractivity contribution in [3.63, 3.8) is 0 Å². The van der Waals surface area contributed by atoms with Crippen LogP contribution in [0.2, 0.25) is 0 Å². The summed E-state index contributed by atoms with van der Waals surface area (Å²) >= 11 is 0. The fraction of sp³-hybridized carbons (Fsp3) is 0.250. The molecule has 1 aromatic rings. The Morgan fingerprint density at radius 2 is 1.94 bits per heavy atom. The minimum atomic E-state index is -1.36. The first-order chi connectivity index (χ1) is 8.56. The normalized spacial score (nSPS) is 9.33. The Morgan fingerprint density at radius 3 is 2.44 bits per heavy atom. The summed E-state index contributed by atoms with van der Waals surface area (Å²) in [6, 6.07) is 8.37. The van der Waals surface area contributed by atoms with Gasteiger partial charge in [-0.05, 0) is 12.0 Å². The number of rotatable bonds is 3. The quantitative estimate of drug-likeness (QED) is 0.651. The van der Waals surface area contributed by atoms with Crippen LogP contribution >= 0.6 is 0 Å². The molecule has 1 N–H and O–H groups in total. The van der Waals surface area contributed by atoms with Crippen LogP contribution in [0.5, 0.6) is 0 Å². The molecule has 0 atom stereocenters. The summed E-state index contributed by atoms with van der Waals surface area (Å²) in [6.07, 6.45) is 0.629. The predicted molar refractivity (Wildman–Crippen MR) is 63.6 cm³/mol. The number of amides is 3. The van der Waals surface area contributed by atoms with Gasteiger partial charge < -0.3 is 5.11 Å². The van der Waals surface area contributed by atoms with Gasteiger partial charge in [-0.25, -0.2) is 19.4 Å². The van der Waals surface area contributed by atoms with Gasteiger partial charge in [0.25, 0.3) is 0 Å². The Bertz CT molecular complexity index is 467. The molecule has 0 spiro atoms. The molecule has 3 amide bonds. The predicted octanol–water partition coefficient (Wildman–Crippen LogP) is 1.74. The molecule has 0 heterocycles. The highest BCUT2D eigenvalue weighted by Crippen LogP contribution is 2.04. The minimum Gasteiger partial charge on any atom is -0.465 e. The van der Waals surface area contributed by atoms with E-state index in [9.17, 15) is 9.59 Å². The van der Waals surface area contributed by atoms with E-state index in [0.29, 0.717) is 16.2 Å². The van der Waals surface area contributed by atoms with Crippen LogP contribution in [0.25, 0.3) is 0 Å². The van der Waals surface area contributed by atoms with E-state index in [0.717, 1.165) is 5.56 Å². The van der Waals surface area contributed by atoms with Gasteiger partial charge in [0.15, 0.2) is 6.19 Å². The first-order valence-corrected chi connectivity index (χ1v) is 5.28. The van der Waals surface area contributed by atoms with Gasteiger partial charge in [0.2, 0.25) is 0 Å². The van der Waals surface area contributed by atoms with E-state index < -0.39 is 12.1 Å². The highest BCUT2D eigenvalue weighted by atomic mass is 16.4. The van der Waals surface area contributed by atoms with E-state index in [1.807, 2.05) is 30.3 Å². The third kappa shape index (κ3) is 3.49. The third-order valence-electron chi connectivity index (χ3n) is 2.37. The highest BCUT2D eigenvalue weighted by molar-refractivity contribution is 5.90. The molecule has 0 saturated heterocycles. The molecule has 0 aromatic heterocycles. The van der Waals surface area contributed by atoms with Gasteiger partial charge in [0, 0.05) is 13.6 Å². The molecule has 6 nitrogen and oxygen atoms in total. The number of imide groups is 1. The minimum absolute atomic E-state index is 0.0181. The molecule has 0 radical (unpaired) electrons. The number of carboxylic acid groups (broad SMARTS) is 1. The Labute approximate surface area is 105 Å². The van der Waals surface area contributed by atoms with E-state index in [1.54, 1.807) is 6.19 Å². The summed E-state index contributed by atoms with van der Waals surface area (Å²) in [6.45, 7) is 0.0181. The van der Waals surface area contributed by atoms with Crippen LogP contribution in [0.3, 0.4) is 0 Å². The maximum Gasteiger partial charge on any atom is 0.415 e. The molecule has 0 aliphatic carbocycles. The Hall–Kier alpha value is -2.55. The van der Waals surface area contributed by atoms with Crippen molar-refractivity contribution in [1.82, 2.24) is 9.80 Å². The fourth-order valence-corrected chi connectivity index (χ4v) is 1.38. The number of benzene rings is 1. The lowest BCUT2D eigenvalue weighted by molar-refractivity contribution is 0.140. The molecule has 1 rings (SSSR count). The van der Waals surface area contributed by atoms with E-state index >= 15 is 0 Å². The molecule has 0 aliphatic rings. The number of hydrogen-bond acceptors (Lipinski definition) is 3. The van der Waals surface area contributed by atoms with Gasteiger partial charge in [-0.15, -0.1) is 0 Å². The molecule has 0 aliphatic heterocycles. The lowest BCUT2D eigenvalue weighted by atomic mass is 10.1. The van der Waals surface area contributed by atoms with Crippen LogP contribution < -0.4 is 0 Å². The Balaban J connectivity index is 2.68. The monoisotopic (exact) mass is 247 g/mol. The van der Waals surface area contributed by atoms with Crippen molar-refractivity contribution in [3.05, 3.63) is 35.9 Å². The number of hydrogen-bond donors (Lipinski definition) is 1. The SMILES string of the molecule is CN(C#N)C(=O)N(CCc1ccccc1)C(=O)O. The van der Waals surface area contributed by atoms with E-state index in [1.165, 1.54) is 7.05 Å². The van der Waals surface area contributed by atoms with E-state index in [2.05, 4.69) is 0 Å². The standard InChI is InChI=1S/C12H13N3O3/c1-14(9-13)11(16)15(12(17)18)8-7-10-5-3-2-4-6-10/h2-6H,7-8H2,1H3,(H,17,18). The fourth-order valence-electron chi connectivity index (χ4n) is 1.38. The van der Waals surface area contributed by atoms with Crippen molar-refractivity contribution in [3.8, 4) is 6.19 Å². The Morgan fingerprint density at radius 1 is 1.33 bits per heavy atom. The smallest absolute Gasteiger partial charge is 0.415 e. The second kappa shape index (κ2) is 6.25. The van der Waals surface area contributed by atoms with Gasteiger partial charge >= 0.3 is 12.1 Å². The van der Waals surface area contributed by atoms with Crippen LogP contribution in [-0.2, 0) is 6.42 Å². The average molecular weight is 247 g/mol. The molecule has 6 heteroatoms. The maximum atomic E-state index is 11.6. The number of urea groups is 1. The van der Waals surface area contributed by atoms with Crippen molar-refractivity contribution in [2.24, 2.45) is 0 Å². The van der Waals surface area contributed by atoms with E-state index in [-0.39, 0.29) is 6.54 Å². The van der Waals surface area contributed by atoms with Crippen molar-refractivity contribution in [2.45, 2.75) is 6.42 Å². The van der Waals surface area contributed by atoms with Gasteiger partial charge in [-0.2, -0.15) is 5.26 Å². The van der Waals surface area contributed by atoms with Crippen molar-refractivity contribution in [1.29, 1.82) is 5.26 Å². The second-order valence-corrected chi connectivity index (χ2v) is 3.61. The molecule has 18 heavy (non-hydrogen) atoms. The third-order valence-corrected chi connectivity index (χ3v) is 2.37. The molecular formula is C12H13N3O3. The second-order valence-electron chi connectivity index (χ2n) is 3.61. The lowest BCUT2D eigenvalue weighted by Crippen LogP contribution is -2.43. The van der Waals surface area contributed by atoms with Gasteiger partial charge in [0.1, 0.15) is 0 Å². The van der Waals surface area contributed by atoms with Crippen LogP contribution in [0.4, 0.5) is 9.59 Å². The largest absolute Gasteiger partial charge is 0.465 e. The van der Waals surface area contributed by atoms with Gasteiger partial charge in [-0.1, -0.05) is 30.3 Å². The van der Waals surface area contributed by atoms with Gasteiger partial charge in [-0.3, -0.25) is 0 Å². The summed E-state index contributed by atoms with van der Waals surface area (Å²) in [4.78, 5) is 23.8. The van der Waals surface area contributed by atoms with Gasteiger partial charge in [0.05, 0.1) is 0 Å². The zero-order valence-electron chi connectivity index (χ0n) is 9.91. The molecular weight excluding hydrogens is 234 g/mol. The lowest BCUT2D eigenvalue weighted by Gasteiger charge is -2.19. The number of nitriles is 1. The first-order valence-electron chi connectivity index (χ1n) is 5.28.